The van der Waals surface area contributed by atoms with Gasteiger partial charge in [-0.25, -0.2) is 4.98 Å². The average Bonchev–Trinajstić information content (AvgIpc) is 2.46. The molecule has 0 bridgehead atoms. The third kappa shape index (κ3) is 2.41. The van der Waals surface area contributed by atoms with Gasteiger partial charge in [0, 0.05) is 45.7 Å². The molecular weight excluding hydrogens is 250 g/mol. The summed E-state index contributed by atoms with van der Waals surface area (Å²) in [5.74, 6) is 1.84. The Kier molecular flexibility index (Phi) is 3.44. The molecule has 3 rings (SSSR count). The number of benzene rings is 1. The Balaban J connectivity index is 2.03. The fourth-order valence-corrected chi connectivity index (χ4v) is 2.54. The summed E-state index contributed by atoms with van der Waals surface area (Å²) in [4.78, 5) is 16.2. The van der Waals surface area contributed by atoms with Crippen LogP contribution in [-0.4, -0.2) is 62.2 Å². The van der Waals surface area contributed by atoms with E-state index in [1.165, 1.54) is 0 Å². The van der Waals surface area contributed by atoms with E-state index in [1.807, 2.05) is 26.2 Å². The number of aromatic nitrogens is 2. The molecule has 2 aromatic rings. The van der Waals surface area contributed by atoms with Crippen LogP contribution in [0.2, 0.25) is 0 Å². The Morgan fingerprint density at radius 3 is 2.40 bits per heavy atom. The molecule has 0 amide bonds. The van der Waals surface area contributed by atoms with Gasteiger partial charge in [0.05, 0.1) is 5.52 Å². The van der Waals surface area contributed by atoms with Crippen LogP contribution >= 0.6 is 0 Å². The van der Waals surface area contributed by atoms with Crippen molar-refractivity contribution in [3.05, 3.63) is 24.3 Å². The Morgan fingerprint density at radius 1 is 1.00 bits per heavy atom. The SMILES string of the molecule is CN1CCN(c2nc(N(C)C)c3ccccc3n2)CC1. The van der Waals surface area contributed by atoms with Crippen molar-refractivity contribution in [2.24, 2.45) is 0 Å². The van der Waals surface area contributed by atoms with Crippen molar-refractivity contribution in [2.45, 2.75) is 0 Å². The van der Waals surface area contributed by atoms with E-state index in [1.54, 1.807) is 0 Å². The standard InChI is InChI=1S/C15H21N5/c1-18(2)14-12-6-4-5-7-13(12)16-15(17-14)20-10-8-19(3)9-11-20/h4-7H,8-11H2,1-3H3. The molecule has 2 heterocycles. The summed E-state index contributed by atoms with van der Waals surface area (Å²) in [6.45, 7) is 4.10. The number of piperazine rings is 1. The van der Waals surface area contributed by atoms with E-state index >= 15 is 0 Å². The van der Waals surface area contributed by atoms with Crippen molar-refractivity contribution < 1.29 is 0 Å². The molecule has 0 aliphatic carbocycles. The molecule has 1 aromatic heterocycles. The van der Waals surface area contributed by atoms with Gasteiger partial charge in [0.25, 0.3) is 0 Å². The van der Waals surface area contributed by atoms with Crippen LogP contribution in [-0.2, 0) is 0 Å². The third-order valence-electron chi connectivity index (χ3n) is 3.78. The number of hydrogen-bond donors (Lipinski definition) is 0. The summed E-state index contributed by atoms with van der Waals surface area (Å²) in [7, 11) is 6.22. The first-order valence-electron chi connectivity index (χ1n) is 7.03. The minimum absolute atomic E-state index is 0.848. The van der Waals surface area contributed by atoms with Gasteiger partial charge in [-0.2, -0.15) is 4.98 Å². The van der Waals surface area contributed by atoms with Gasteiger partial charge in [0.1, 0.15) is 5.82 Å². The van der Waals surface area contributed by atoms with Gasteiger partial charge in [-0.1, -0.05) is 12.1 Å². The van der Waals surface area contributed by atoms with Gasteiger partial charge in [0.15, 0.2) is 0 Å². The van der Waals surface area contributed by atoms with Crippen LogP contribution in [0.25, 0.3) is 10.9 Å². The van der Waals surface area contributed by atoms with Crippen LogP contribution < -0.4 is 9.80 Å². The largest absolute Gasteiger partial charge is 0.362 e. The first-order chi connectivity index (χ1) is 9.65. The summed E-state index contributed by atoms with van der Waals surface area (Å²) in [6.07, 6.45) is 0. The average molecular weight is 271 g/mol. The molecule has 106 valence electrons. The summed E-state index contributed by atoms with van der Waals surface area (Å²) in [5.41, 5.74) is 1.01. The second-order valence-electron chi connectivity index (χ2n) is 5.55. The molecule has 1 aliphatic rings. The van der Waals surface area contributed by atoms with Crippen LogP contribution in [0.1, 0.15) is 0 Å². The zero-order valence-corrected chi connectivity index (χ0v) is 12.4. The lowest BCUT2D eigenvalue weighted by Gasteiger charge is -2.32. The number of nitrogens with zero attached hydrogens (tertiary/aromatic N) is 5. The van der Waals surface area contributed by atoms with Crippen LogP contribution in [0.4, 0.5) is 11.8 Å². The van der Waals surface area contributed by atoms with Crippen molar-refractivity contribution in [3.63, 3.8) is 0 Å². The molecule has 1 aromatic carbocycles. The molecule has 1 fully saturated rings. The lowest BCUT2D eigenvalue weighted by molar-refractivity contribution is 0.311. The Labute approximate surface area is 119 Å². The highest BCUT2D eigenvalue weighted by Gasteiger charge is 2.18. The van der Waals surface area contributed by atoms with E-state index in [4.69, 9.17) is 9.97 Å². The maximum Gasteiger partial charge on any atom is 0.227 e. The highest BCUT2D eigenvalue weighted by molar-refractivity contribution is 5.90. The smallest absolute Gasteiger partial charge is 0.227 e. The lowest BCUT2D eigenvalue weighted by Crippen LogP contribution is -2.45. The second kappa shape index (κ2) is 5.25. The quantitative estimate of drug-likeness (QED) is 0.826. The monoisotopic (exact) mass is 271 g/mol. The summed E-state index contributed by atoms with van der Waals surface area (Å²) < 4.78 is 0. The predicted octanol–water partition coefficient (Wildman–Crippen LogP) is 1.45. The molecule has 0 spiro atoms. The molecule has 0 radical (unpaired) electrons. The first-order valence-corrected chi connectivity index (χ1v) is 7.03. The van der Waals surface area contributed by atoms with Gasteiger partial charge in [0.2, 0.25) is 5.95 Å². The summed E-state index contributed by atoms with van der Waals surface area (Å²) >= 11 is 0. The number of para-hydroxylation sites is 1. The Bertz CT molecular complexity index is 602. The van der Waals surface area contributed by atoms with Crippen molar-refractivity contribution in [3.8, 4) is 0 Å². The van der Waals surface area contributed by atoms with Crippen LogP contribution in [0, 0.1) is 0 Å². The zero-order valence-electron chi connectivity index (χ0n) is 12.4. The van der Waals surface area contributed by atoms with Crippen LogP contribution in [0.15, 0.2) is 24.3 Å². The van der Waals surface area contributed by atoms with Crippen molar-refractivity contribution >= 4 is 22.7 Å². The van der Waals surface area contributed by atoms with E-state index in [2.05, 4.69) is 33.9 Å². The lowest BCUT2D eigenvalue weighted by atomic mass is 10.2. The zero-order chi connectivity index (χ0) is 14.1. The second-order valence-corrected chi connectivity index (χ2v) is 5.55. The fourth-order valence-electron chi connectivity index (χ4n) is 2.54. The third-order valence-corrected chi connectivity index (χ3v) is 3.78. The summed E-state index contributed by atoms with van der Waals surface area (Å²) in [5, 5.41) is 1.11. The van der Waals surface area contributed by atoms with Crippen molar-refractivity contribution in [1.82, 2.24) is 14.9 Å². The minimum atomic E-state index is 0.848. The molecule has 0 saturated carbocycles. The number of hydrogen-bond acceptors (Lipinski definition) is 5. The van der Waals surface area contributed by atoms with Gasteiger partial charge in [-0.15, -0.1) is 0 Å². The van der Waals surface area contributed by atoms with Crippen molar-refractivity contribution in [2.75, 3.05) is 57.1 Å². The van der Waals surface area contributed by atoms with E-state index < -0.39 is 0 Å². The molecule has 0 N–H and O–H groups in total. The van der Waals surface area contributed by atoms with Gasteiger partial charge >= 0.3 is 0 Å². The molecule has 20 heavy (non-hydrogen) atoms. The predicted molar refractivity (Wildman–Crippen MR) is 83.6 cm³/mol. The van der Waals surface area contributed by atoms with Gasteiger partial charge in [-0.05, 0) is 19.2 Å². The van der Waals surface area contributed by atoms with Gasteiger partial charge < -0.3 is 14.7 Å². The fraction of sp³-hybridized carbons (Fsp3) is 0.467. The van der Waals surface area contributed by atoms with Crippen LogP contribution in [0.3, 0.4) is 0 Å². The Hall–Kier alpha value is -1.88. The van der Waals surface area contributed by atoms with E-state index in [-0.39, 0.29) is 0 Å². The molecule has 0 atom stereocenters. The van der Waals surface area contributed by atoms with E-state index in [9.17, 15) is 0 Å². The minimum Gasteiger partial charge on any atom is -0.362 e. The van der Waals surface area contributed by atoms with Crippen molar-refractivity contribution in [1.29, 1.82) is 0 Å². The number of likely N-dealkylation sites (N-methyl/N-ethyl adjacent to an activating group) is 1. The number of anilines is 2. The molecule has 5 nitrogen and oxygen atoms in total. The Morgan fingerprint density at radius 2 is 1.70 bits per heavy atom. The molecule has 1 aliphatic heterocycles. The number of fused-ring (bicyclic) bond motifs is 1. The molecular formula is C15H21N5. The molecule has 0 unspecified atom stereocenters. The van der Waals surface area contributed by atoms with Crippen LogP contribution in [0.5, 0.6) is 0 Å². The topological polar surface area (TPSA) is 35.5 Å². The van der Waals surface area contributed by atoms with E-state index in [0.717, 1.165) is 48.8 Å². The molecule has 5 heteroatoms. The highest BCUT2D eigenvalue weighted by Crippen LogP contribution is 2.25. The van der Waals surface area contributed by atoms with E-state index in [0.29, 0.717) is 0 Å². The summed E-state index contributed by atoms with van der Waals surface area (Å²) in [6, 6.07) is 8.21. The number of rotatable bonds is 2. The maximum absolute atomic E-state index is 4.77. The maximum atomic E-state index is 4.77. The highest BCUT2D eigenvalue weighted by atomic mass is 15.3. The normalized spacial score (nSPS) is 16.6. The molecule has 1 saturated heterocycles. The first kappa shape index (κ1) is 13.1. The van der Waals surface area contributed by atoms with Gasteiger partial charge in [-0.3, -0.25) is 0 Å².